The predicted octanol–water partition coefficient (Wildman–Crippen LogP) is 1.94. The molecule has 1 amide bonds. The summed E-state index contributed by atoms with van der Waals surface area (Å²) in [4.78, 5) is 47.4. The molecule has 1 atom stereocenters. The number of hydrogen-bond acceptors (Lipinski definition) is 6. The summed E-state index contributed by atoms with van der Waals surface area (Å²) in [6.45, 7) is 8.21. The van der Waals surface area contributed by atoms with Gasteiger partial charge in [0.15, 0.2) is 5.12 Å². The van der Waals surface area contributed by atoms with E-state index < -0.39 is 23.5 Å². The summed E-state index contributed by atoms with van der Waals surface area (Å²) in [5.41, 5.74) is -0.664. The molecule has 0 aliphatic rings. The first-order valence-corrected chi connectivity index (χ1v) is 8.76. The lowest BCUT2D eigenvalue weighted by atomic mass is 10.1. The van der Waals surface area contributed by atoms with Crippen molar-refractivity contribution in [2.75, 3.05) is 18.8 Å². The van der Waals surface area contributed by atoms with Crippen LogP contribution in [0.4, 0.5) is 0 Å². The Morgan fingerprint density at radius 3 is 2.25 bits per heavy atom. The minimum atomic E-state index is -0.958. The van der Waals surface area contributed by atoms with E-state index in [9.17, 15) is 19.2 Å². The quantitative estimate of drug-likeness (QED) is 0.626. The van der Waals surface area contributed by atoms with Crippen LogP contribution in [0, 0.1) is 5.92 Å². The molecule has 0 radical (unpaired) electrons. The van der Waals surface area contributed by atoms with Gasteiger partial charge in [-0.15, -0.1) is 0 Å². The minimum absolute atomic E-state index is 0.0841. The van der Waals surface area contributed by atoms with E-state index in [2.05, 4.69) is 0 Å². The first-order valence-electron chi connectivity index (χ1n) is 7.78. The molecule has 0 heterocycles. The van der Waals surface area contributed by atoms with E-state index in [1.807, 2.05) is 0 Å². The molecule has 138 valence electrons. The molecule has 0 saturated carbocycles. The highest BCUT2D eigenvalue weighted by Crippen LogP contribution is 2.14. The Bertz CT molecular complexity index is 472. The summed E-state index contributed by atoms with van der Waals surface area (Å²) in [6, 6.07) is 0. The lowest BCUT2D eigenvalue weighted by Gasteiger charge is -2.27. The van der Waals surface area contributed by atoms with Gasteiger partial charge in [0.25, 0.3) is 0 Å². The van der Waals surface area contributed by atoms with Crippen molar-refractivity contribution in [1.29, 1.82) is 0 Å². The van der Waals surface area contributed by atoms with Gasteiger partial charge in [-0.25, -0.2) is 0 Å². The zero-order valence-corrected chi connectivity index (χ0v) is 15.8. The van der Waals surface area contributed by atoms with Crippen LogP contribution in [0.2, 0.25) is 0 Å². The number of amides is 1. The van der Waals surface area contributed by atoms with Crippen molar-refractivity contribution in [2.45, 2.75) is 53.1 Å². The molecule has 0 bridgehead atoms. The number of rotatable bonds is 9. The number of ether oxygens (including phenoxy) is 1. The molecule has 1 unspecified atom stereocenters. The molecule has 1 N–H and O–H groups in total. The summed E-state index contributed by atoms with van der Waals surface area (Å²) in [5.74, 6) is -1.93. The number of esters is 1. The average Bonchev–Trinajstić information content (AvgIpc) is 2.40. The van der Waals surface area contributed by atoms with Crippen LogP contribution in [-0.2, 0) is 23.9 Å². The molecular weight excluding hydrogens is 334 g/mol. The topological polar surface area (TPSA) is 101 Å². The Morgan fingerprint density at radius 1 is 1.21 bits per heavy atom. The maximum Gasteiger partial charge on any atom is 0.326 e. The molecule has 0 aromatic rings. The van der Waals surface area contributed by atoms with Gasteiger partial charge in [0.1, 0.15) is 12.1 Å². The number of carboxylic acid groups (broad SMARTS) is 1. The number of thioether (sulfide) groups is 1. The van der Waals surface area contributed by atoms with Crippen molar-refractivity contribution >= 4 is 34.7 Å². The summed E-state index contributed by atoms with van der Waals surface area (Å²) in [6.07, 6.45) is 0.158. The second-order valence-electron chi connectivity index (χ2n) is 6.55. The molecule has 0 spiro atoms. The SMILES string of the molecule is CC(=O)SCC(C)C(=O)N(CCCC(=O)O)CC(=O)OC(C)(C)C. The first kappa shape index (κ1) is 22.4. The zero-order valence-electron chi connectivity index (χ0n) is 15.0. The lowest BCUT2D eigenvalue weighted by molar-refractivity contribution is -0.159. The van der Waals surface area contributed by atoms with Gasteiger partial charge in [0.2, 0.25) is 5.91 Å². The van der Waals surface area contributed by atoms with E-state index in [4.69, 9.17) is 9.84 Å². The zero-order chi connectivity index (χ0) is 18.9. The molecule has 0 aromatic carbocycles. The van der Waals surface area contributed by atoms with Crippen molar-refractivity contribution in [2.24, 2.45) is 5.92 Å². The molecule has 24 heavy (non-hydrogen) atoms. The molecule has 8 heteroatoms. The van der Waals surface area contributed by atoms with E-state index in [-0.39, 0.29) is 37.0 Å². The standard InChI is InChI=1S/C16H27NO6S/c1-11(10-24-12(2)18)15(22)17(8-6-7-13(19)20)9-14(21)23-16(3,4)5/h11H,6-10H2,1-5H3,(H,19,20). The van der Waals surface area contributed by atoms with Gasteiger partial charge in [0, 0.05) is 31.6 Å². The maximum absolute atomic E-state index is 12.5. The van der Waals surface area contributed by atoms with Gasteiger partial charge < -0.3 is 14.7 Å². The second-order valence-corrected chi connectivity index (χ2v) is 7.74. The van der Waals surface area contributed by atoms with Gasteiger partial charge in [-0.2, -0.15) is 0 Å². The summed E-state index contributed by atoms with van der Waals surface area (Å²) < 4.78 is 5.22. The fraction of sp³-hybridized carbons (Fsp3) is 0.750. The molecule has 0 fully saturated rings. The fourth-order valence-electron chi connectivity index (χ4n) is 1.84. The van der Waals surface area contributed by atoms with E-state index in [1.165, 1.54) is 11.8 Å². The van der Waals surface area contributed by atoms with Crippen LogP contribution < -0.4 is 0 Å². The fourth-order valence-corrected chi connectivity index (χ4v) is 2.47. The van der Waals surface area contributed by atoms with Crippen LogP contribution >= 0.6 is 11.8 Å². The number of nitrogens with zero attached hydrogens (tertiary/aromatic N) is 1. The summed E-state index contributed by atoms with van der Waals surface area (Å²) in [5, 5.41) is 8.63. The summed E-state index contributed by atoms with van der Waals surface area (Å²) in [7, 11) is 0. The van der Waals surface area contributed by atoms with Crippen molar-refractivity contribution in [3.8, 4) is 0 Å². The number of hydrogen-bond donors (Lipinski definition) is 1. The Labute approximate surface area is 147 Å². The lowest BCUT2D eigenvalue weighted by Crippen LogP contribution is -2.42. The average molecular weight is 361 g/mol. The number of carbonyl (C=O) groups is 4. The first-order chi connectivity index (χ1) is 10.9. The van der Waals surface area contributed by atoms with E-state index >= 15 is 0 Å². The number of aliphatic carboxylic acids is 1. The van der Waals surface area contributed by atoms with Gasteiger partial charge in [0.05, 0.1) is 0 Å². The Morgan fingerprint density at radius 2 is 1.79 bits per heavy atom. The van der Waals surface area contributed by atoms with Crippen LogP contribution in [0.3, 0.4) is 0 Å². The van der Waals surface area contributed by atoms with Crippen LogP contribution in [0.25, 0.3) is 0 Å². The van der Waals surface area contributed by atoms with Gasteiger partial charge in [-0.3, -0.25) is 19.2 Å². The molecule has 0 aliphatic heterocycles. The number of carboxylic acids is 1. The van der Waals surface area contributed by atoms with E-state index in [1.54, 1.807) is 27.7 Å². The van der Waals surface area contributed by atoms with Gasteiger partial charge in [-0.1, -0.05) is 18.7 Å². The van der Waals surface area contributed by atoms with Crippen molar-refractivity contribution in [3.63, 3.8) is 0 Å². The van der Waals surface area contributed by atoms with E-state index in [0.717, 1.165) is 11.8 Å². The molecule has 0 saturated heterocycles. The number of carbonyl (C=O) groups excluding carboxylic acids is 3. The smallest absolute Gasteiger partial charge is 0.326 e. The minimum Gasteiger partial charge on any atom is -0.481 e. The predicted molar refractivity (Wildman–Crippen MR) is 91.6 cm³/mol. The normalized spacial score (nSPS) is 12.4. The van der Waals surface area contributed by atoms with Gasteiger partial charge in [-0.05, 0) is 27.2 Å². The highest BCUT2D eigenvalue weighted by atomic mass is 32.2. The van der Waals surface area contributed by atoms with Crippen LogP contribution in [0.15, 0.2) is 0 Å². The molecule has 0 rings (SSSR count). The second kappa shape index (κ2) is 10.3. The van der Waals surface area contributed by atoms with Crippen LogP contribution in [-0.4, -0.2) is 57.4 Å². The maximum atomic E-state index is 12.5. The molecule has 7 nitrogen and oxygen atoms in total. The highest BCUT2D eigenvalue weighted by Gasteiger charge is 2.25. The van der Waals surface area contributed by atoms with Crippen molar-refractivity contribution in [3.05, 3.63) is 0 Å². The highest BCUT2D eigenvalue weighted by molar-refractivity contribution is 8.13. The largest absolute Gasteiger partial charge is 0.481 e. The van der Waals surface area contributed by atoms with E-state index in [0.29, 0.717) is 5.75 Å². The third kappa shape index (κ3) is 11.0. The third-order valence-corrected chi connectivity index (χ3v) is 3.90. The Balaban J connectivity index is 4.83. The summed E-state index contributed by atoms with van der Waals surface area (Å²) >= 11 is 1.05. The molecular formula is C16H27NO6S. The Kier molecular flexibility index (Phi) is 9.65. The van der Waals surface area contributed by atoms with Gasteiger partial charge >= 0.3 is 11.9 Å². The van der Waals surface area contributed by atoms with Crippen LogP contribution in [0.1, 0.15) is 47.5 Å². The van der Waals surface area contributed by atoms with Crippen LogP contribution in [0.5, 0.6) is 0 Å². The molecule has 0 aromatic heterocycles. The molecule has 0 aliphatic carbocycles. The Hall–Kier alpha value is -1.57. The third-order valence-electron chi connectivity index (χ3n) is 2.83. The van der Waals surface area contributed by atoms with Crippen molar-refractivity contribution < 1.29 is 29.0 Å². The van der Waals surface area contributed by atoms with Crippen molar-refractivity contribution in [1.82, 2.24) is 4.90 Å². The monoisotopic (exact) mass is 361 g/mol.